The van der Waals surface area contributed by atoms with E-state index in [1.807, 2.05) is 0 Å². The van der Waals surface area contributed by atoms with Crippen LogP contribution in [0.2, 0.25) is 0 Å². The van der Waals surface area contributed by atoms with E-state index in [4.69, 9.17) is 15.8 Å². The fourth-order valence-electron chi connectivity index (χ4n) is 0.520. The summed E-state index contributed by atoms with van der Waals surface area (Å²) in [5.74, 6) is 0. The van der Waals surface area contributed by atoms with Crippen molar-refractivity contribution >= 4 is 29.7 Å². The zero-order valence-corrected chi connectivity index (χ0v) is 6.85. The second-order valence-electron chi connectivity index (χ2n) is 1.60. The average Bonchev–Trinajstić information content (AvgIpc) is 1.65. The summed E-state index contributed by atoms with van der Waals surface area (Å²) in [5.41, 5.74) is 0. The van der Waals surface area contributed by atoms with Gasteiger partial charge in [0.2, 0.25) is 0 Å². The fraction of sp³-hybridized carbons (Fsp3) is 1.00. The Hall–Kier alpha value is 0.990. The number of hydrogen-bond donors (Lipinski definition) is 2. The predicted molar refractivity (Wildman–Crippen MR) is 40.3 cm³/mol. The Kier molecular flexibility index (Phi) is 2.41. The molecule has 0 spiro atoms. The van der Waals surface area contributed by atoms with Crippen LogP contribution in [0.5, 0.6) is 0 Å². The van der Waals surface area contributed by atoms with Gasteiger partial charge >= 0.3 is 6.19 Å². The second-order valence-corrected chi connectivity index (χ2v) is 7.00. The van der Waals surface area contributed by atoms with Crippen LogP contribution in [0.1, 0.15) is 6.42 Å². The Bertz CT molecular complexity index is 83.4. The summed E-state index contributed by atoms with van der Waals surface area (Å²) in [6.45, 7) is 1.68. The number of halogens is 1. The first-order chi connectivity index (χ1) is 3.71. The first-order valence-corrected chi connectivity index (χ1v) is 6.18. The van der Waals surface area contributed by atoms with Gasteiger partial charge in [-0.3, -0.25) is 0 Å². The van der Waals surface area contributed by atoms with E-state index in [1.165, 1.54) is 0 Å². The molecule has 1 heterocycles. The minimum Gasteiger partial charge on any atom is -0.188 e. The first kappa shape index (κ1) is 7.10. The SMILES string of the molecule is S[P+]1(Cl)NCCCO1. The van der Waals surface area contributed by atoms with Gasteiger partial charge in [-0.25, -0.2) is 0 Å². The summed E-state index contributed by atoms with van der Waals surface area (Å²) >= 11 is 9.78. The molecule has 1 saturated heterocycles. The van der Waals surface area contributed by atoms with Crippen LogP contribution in [0.15, 0.2) is 0 Å². The van der Waals surface area contributed by atoms with Crippen molar-refractivity contribution in [1.82, 2.24) is 5.09 Å². The van der Waals surface area contributed by atoms with Crippen LogP contribution >= 0.6 is 29.7 Å². The smallest absolute Gasteiger partial charge is 0.188 e. The van der Waals surface area contributed by atoms with Gasteiger partial charge in [0.1, 0.15) is 0 Å². The molecule has 1 atom stereocenters. The number of nitrogens with one attached hydrogen (secondary N) is 1. The topological polar surface area (TPSA) is 21.3 Å². The summed E-state index contributed by atoms with van der Waals surface area (Å²) in [4.78, 5) is 0. The van der Waals surface area contributed by atoms with E-state index in [9.17, 15) is 0 Å². The molecule has 1 N–H and O–H groups in total. The Morgan fingerprint density at radius 1 is 1.75 bits per heavy atom. The van der Waals surface area contributed by atoms with Gasteiger partial charge in [-0.2, -0.15) is 4.52 Å². The van der Waals surface area contributed by atoms with Gasteiger partial charge in [0.15, 0.2) is 11.2 Å². The summed E-state index contributed by atoms with van der Waals surface area (Å²) in [7, 11) is 0. The molecular formula is C3H8ClNOPS+. The molecule has 1 aliphatic heterocycles. The Morgan fingerprint density at radius 2 is 2.50 bits per heavy atom. The predicted octanol–water partition coefficient (Wildman–Crippen LogP) is 1.84. The van der Waals surface area contributed by atoms with Crippen molar-refractivity contribution in [3.63, 3.8) is 0 Å². The van der Waals surface area contributed by atoms with E-state index < -0.39 is 6.19 Å². The first-order valence-electron chi connectivity index (χ1n) is 2.42. The lowest BCUT2D eigenvalue weighted by Crippen LogP contribution is -2.19. The highest BCUT2D eigenvalue weighted by Gasteiger charge is 2.36. The summed E-state index contributed by atoms with van der Waals surface area (Å²) < 4.78 is 5.09. The van der Waals surface area contributed by atoms with Gasteiger partial charge in [-0.15, -0.1) is 5.09 Å². The third-order valence-corrected chi connectivity index (χ3v) is 3.45. The maximum absolute atomic E-state index is 5.71. The molecule has 48 valence electrons. The molecule has 0 radical (unpaired) electrons. The minimum atomic E-state index is -1.92. The average molecular weight is 173 g/mol. The molecule has 0 aromatic heterocycles. The molecule has 0 amide bonds. The molecule has 1 rings (SSSR count). The summed E-state index contributed by atoms with van der Waals surface area (Å²) in [6.07, 6.45) is -0.883. The van der Waals surface area contributed by atoms with Gasteiger partial charge in [0, 0.05) is 6.54 Å². The van der Waals surface area contributed by atoms with E-state index in [1.54, 1.807) is 0 Å². The van der Waals surface area contributed by atoms with E-state index >= 15 is 0 Å². The molecule has 0 bridgehead atoms. The van der Waals surface area contributed by atoms with Crippen LogP contribution in [0.4, 0.5) is 0 Å². The normalized spacial score (nSPS) is 39.8. The Morgan fingerprint density at radius 3 is 2.75 bits per heavy atom. The number of thiol groups is 1. The molecule has 0 saturated carbocycles. The monoisotopic (exact) mass is 172 g/mol. The van der Waals surface area contributed by atoms with Crippen molar-refractivity contribution in [2.75, 3.05) is 13.2 Å². The molecule has 1 fully saturated rings. The summed E-state index contributed by atoms with van der Waals surface area (Å²) in [5, 5.41) is 2.98. The lowest BCUT2D eigenvalue weighted by molar-refractivity contribution is 0.322. The Labute approximate surface area is 59.4 Å². The number of rotatable bonds is 0. The lowest BCUT2D eigenvalue weighted by Gasteiger charge is -2.15. The maximum Gasteiger partial charge on any atom is 0.369 e. The zero-order chi connectivity index (χ0) is 6.04. The second kappa shape index (κ2) is 2.72. The van der Waals surface area contributed by atoms with E-state index in [2.05, 4.69) is 17.3 Å². The van der Waals surface area contributed by atoms with Crippen molar-refractivity contribution in [2.24, 2.45) is 0 Å². The van der Waals surface area contributed by atoms with Gasteiger partial charge in [0.25, 0.3) is 0 Å². The third-order valence-electron chi connectivity index (χ3n) is 0.890. The summed E-state index contributed by atoms with van der Waals surface area (Å²) in [6, 6.07) is 0. The van der Waals surface area contributed by atoms with Crippen molar-refractivity contribution in [3.8, 4) is 0 Å². The van der Waals surface area contributed by atoms with Crippen molar-refractivity contribution < 1.29 is 4.52 Å². The fourth-order valence-corrected chi connectivity index (χ4v) is 2.42. The van der Waals surface area contributed by atoms with Crippen molar-refractivity contribution in [3.05, 3.63) is 0 Å². The van der Waals surface area contributed by atoms with Gasteiger partial charge in [0.05, 0.1) is 18.9 Å². The van der Waals surface area contributed by atoms with E-state index in [-0.39, 0.29) is 0 Å². The molecule has 1 unspecified atom stereocenters. The number of hydrogen-bond acceptors (Lipinski definition) is 3. The highest BCUT2D eigenvalue weighted by Crippen LogP contribution is 2.66. The molecule has 5 heteroatoms. The van der Waals surface area contributed by atoms with Gasteiger partial charge in [-0.1, -0.05) is 0 Å². The highest BCUT2D eigenvalue weighted by atomic mass is 35.7. The van der Waals surface area contributed by atoms with Gasteiger partial charge < -0.3 is 0 Å². The minimum absolute atomic E-state index is 0.744. The largest absolute Gasteiger partial charge is 0.369 e. The van der Waals surface area contributed by atoms with Crippen LogP contribution in [-0.2, 0) is 4.52 Å². The molecule has 0 aromatic carbocycles. The lowest BCUT2D eigenvalue weighted by atomic mass is 10.5. The van der Waals surface area contributed by atoms with Crippen LogP contribution in [0.25, 0.3) is 0 Å². The molecule has 0 aliphatic carbocycles. The highest BCUT2D eigenvalue weighted by molar-refractivity contribution is 8.59. The van der Waals surface area contributed by atoms with Crippen LogP contribution in [0.3, 0.4) is 0 Å². The van der Waals surface area contributed by atoms with Crippen molar-refractivity contribution in [1.29, 1.82) is 0 Å². The zero-order valence-electron chi connectivity index (χ0n) is 4.30. The maximum atomic E-state index is 5.71. The molecule has 2 nitrogen and oxygen atoms in total. The van der Waals surface area contributed by atoms with Crippen molar-refractivity contribution in [2.45, 2.75) is 6.42 Å². The molecule has 8 heavy (non-hydrogen) atoms. The van der Waals surface area contributed by atoms with Crippen LogP contribution in [0, 0.1) is 0 Å². The molecular weight excluding hydrogens is 165 g/mol. The standard InChI is InChI=1S/C3H8ClNOPS/c4-7(8)5-2-1-3-6-7/h5,8H,1-3H2/q+1. The molecule has 0 aromatic rings. The molecule has 1 aliphatic rings. The quantitative estimate of drug-likeness (QED) is 0.430. The third kappa shape index (κ3) is 2.08. The van der Waals surface area contributed by atoms with Crippen LogP contribution < -0.4 is 5.09 Å². The van der Waals surface area contributed by atoms with Crippen LogP contribution in [-0.4, -0.2) is 13.2 Å². The Balaban J connectivity index is 2.33. The van der Waals surface area contributed by atoms with E-state index in [0.29, 0.717) is 0 Å². The van der Waals surface area contributed by atoms with E-state index in [0.717, 1.165) is 19.6 Å². The van der Waals surface area contributed by atoms with Gasteiger partial charge in [-0.05, 0) is 6.42 Å².